The van der Waals surface area contributed by atoms with Crippen LogP contribution in [0.25, 0.3) is 0 Å². The third-order valence-corrected chi connectivity index (χ3v) is 3.64. The molecule has 2 aromatic rings. The van der Waals surface area contributed by atoms with Crippen LogP contribution in [0.2, 0.25) is 0 Å². The fraction of sp³-hybridized carbons (Fsp3) is 0.188. The van der Waals surface area contributed by atoms with Gasteiger partial charge in [-0.25, -0.2) is 0 Å². The van der Waals surface area contributed by atoms with Gasteiger partial charge in [-0.05, 0) is 23.6 Å². The number of benzene rings is 2. The van der Waals surface area contributed by atoms with E-state index in [1.165, 1.54) is 16.6 Å². The Morgan fingerprint density at radius 1 is 1.21 bits per heavy atom. The van der Waals surface area contributed by atoms with Gasteiger partial charge in [0.2, 0.25) is 0 Å². The highest BCUT2D eigenvalue weighted by Crippen LogP contribution is 2.26. The number of aryl methyl sites for hydroxylation is 1. The van der Waals surface area contributed by atoms with Gasteiger partial charge in [-0.2, -0.15) is 0 Å². The van der Waals surface area contributed by atoms with Crippen LogP contribution in [0.4, 0.5) is 0 Å². The molecule has 0 aliphatic carbocycles. The molecule has 0 bridgehead atoms. The molecule has 2 nitrogen and oxygen atoms in total. The van der Waals surface area contributed by atoms with Gasteiger partial charge in [0.15, 0.2) is 0 Å². The van der Waals surface area contributed by atoms with Crippen molar-refractivity contribution in [1.29, 1.82) is 0 Å². The maximum Gasteiger partial charge on any atom is 0.255 e. The molecule has 94 valence electrons. The molecule has 0 aromatic heterocycles. The summed E-state index contributed by atoms with van der Waals surface area (Å²) in [7, 11) is 2.08. The minimum Gasteiger partial charge on any atom is -0.330 e. The predicted octanol–water partition coefficient (Wildman–Crippen LogP) is 1.41. The molecule has 1 heterocycles. The number of nitrogens with zero attached hydrogens (tertiary/aromatic N) is 1. The van der Waals surface area contributed by atoms with Crippen LogP contribution < -0.4 is 5.46 Å². The van der Waals surface area contributed by atoms with Gasteiger partial charge in [0.05, 0.1) is 0 Å². The summed E-state index contributed by atoms with van der Waals surface area (Å²) in [5, 5.41) is 0. The molecular formula is C16H16BNO. The summed E-state index contributed by atoms with van der Waals surface area (Å²) >= 11 is 0. The van der Waals surface area contributed by atoms with Crippen LogP contribution in [0.3, 0.4) is 0 Å². The van der Waals surface area contributed by atoms with Gasteiger partial charge in [-0.1, -0.05) is 47.9 Å². The van der Waals surface area contributed by atoms with Gasteiger partial charge in [0.25, 0.3) is 5.91 Å². The molecule has 0 unspecified atom stereocenters. The number of carbonyl (C=O) groups is 1. The van der Waals surface area contributed by atoms with E-state index in [1.54, 1.807) is 0 Å². The van der Waals surface area contributed by atoms with Crippen molar-refractivity contribution in [3.63, 3.8) is 0 Å². The van der Waals surface area contributed by atoms with Gasteiger partial charge in [-0.15, -0.1) is 0 Å². The first kappa shape index (κ1) is 12.0. The normalized spacial score (nSPS) is 13.7. The molecule has 3 heteroatoms. The van der Waals surface area contributed by atoms with Crippen molar-refractivity contribution in [3.8, 4) is 0 Å². The smallest absolute Gasteiger partial charge is 0.255 e. The van der Waals surface area contributed by atoms with Gasteiger partial charge in [0.1, 0.15) is 7.85 Å². The molecule has 0 fully saturated rings. The number of hydrogen-bond acceptors (Lipinski definition) is 1. The van der Waals surface area contributed by atoms with E-state index in [2.05, 4.69) is 32.1 Å². The van der Waals surface area contributed by atoms with Crippen LogP contribution in [-0.4, -0.2) is 18.7 Å². The molecule has 2 aromatic carbocycles. The zero-order valence-electron chi connectivity index (χ0n) is 11.3. The van der Waals surface area contributed by atoms with Crippen LogP contribution in [0, 0.1) is 6.92 Å². The first-order valence-electron chi connectivity index (χ1n) is 6.58. The lowest BCUT2D eigenvalue weighted by atomic mass is 9.90. The van der Waals surface area contributed by atoms with E-state index in [1.807, 2.05) is 30.0 Å². The molecule has 0 atom stereocenters. The second kappa shape index (κ2) is 4.58. The monoisotopic (exact) mass is 249 g/mol. The molecule has 0 saturated heterocycles. The van der Waals surface area contributed by atoms with Gasteiger partial charge >= 0.3 is 0 Å². The Hall–Kier alpha value is -2.03. The zero-order valence-corrected chi connectivity index (χ0v) is 11.3. The molecule has 1 aliphatic rings. The predicted molar refractivity (Wildman–Crippen MR) is 79.4 cm³/mol. The Labute approximate surface area is 114 Å². The van der Waals surface area contributed by atoms with E-state index >= 15 is 0 Å². The van der Waals surface area contributed by atoms with Crippen LogP contribution in [-0.2, 0) is 13.1 Å². The van der Waals surface area contributed by atoms with Gasteiger partial charge < -0.3 is 4.90 Å². The number of fused-ring (bicyclic) bond motifs is 1. The summed E-state index contributed by atoms with van der Waals surface area (Å²) in [5.41, 5.74) is 5.57. The van der Waals surface area contributed by atoms with Crippen molar-refractivity contribution in [2.45, 2.75) is 20.0 Å². The maximum absolute atomic E-state index is 12.5. The second-order valence-electron chi connectivity index (χ2n) is 5.26. The Kier molecular flexibility index (Phi) is 2.90. The standard InChI is InChI=1S/C16H16BNO/c1-11-7-14(17)8-13-10-18(16(19)15(11)13)9-12-5-3-2-4-6-12/h2-8H,9-10,17H2,1H3. The highest BCUT2D eigenvalue weighted by Gasteiger charge is 2.28. The summed E-state index contributed by atoms with van der Waals surface area (Å²) in [6.45, 7) is 3.44. The van der Waals surface area contributed by atoms with Crippen LogP contribution in [0.1, 0.15) is 27.0 Å². The van der Waals surface area contributed by atoms with Crippen LogP contribution in [0.15, 0.2) is 42.5 Å². The Bertz CT molecular complexity index is 637. The van der Waals surface area contributed by atoms with E-state index in [0.29, 0.717) is 6.54 Å². The first-order valence-corrected chi connectivity index (χ1v) is 6.58. The largest absolute Gasteiger partial charge is 0.330 e. The average Bonchev–Trinajstić information content (AvgIpc) is 2.67. The summed E-state index contributed by atoms with van der Waals surface area (Å²) in [5.74, 6) is 0.163. The van der Waals surface area contributed by atoms with Crippen molar-refractivity contribution in [2.24, 2.45) is 0 Å². The van der Waals surface area contributed by atoms with Crippen molar-refractivity contribution in [3.05, 3.63) is 64.7 Å². The van der Waals surface area contributed by atoms with Crippen LogP contribution >= 0.6 is 0 Å². The third-order valence-electron chi connectivity index (χ3n) is 3.64. The summed E-state index contributed by atoms with van der Waals surface area (Å²) < 4.78 is 0. The SMILES string of the molecule is Bc1cc(C)c2c(c1)CN(Cc1ccccc1)C2=O. The summed E-state index contributed by atoms with van der Waals surface area (Å²) in [4.78, 5) is 14.4. The van der Waals surface area contributed by atoms with Gasteiger partial charge in [-0.3, -0.25) is 4.79 Å². The molecule has 3 rings (SSSR count). The molecule has 1 amide bonds. The van der Waals surface area contributed by atoms with Crippen molar-refractivity contribution in [2.75, 3.05) is 0 Å². The Morgan fingerprint density at radius 2 is 1.95 bits per heavy atom. The quantitative estimate of drug-likeness (QED) is 0.737. The third kappa shape index (κ3) is 2.16. The molecular weight excluding hydrogens is 233 g/mol. The topological polar surface area (TPSA) is 20.3 Å². The highest BCUT2D eigenvalue weighted by molar-refractivity contribution is 6.32. The summed E-state index contributed by atoms with van der Waals surface area (Å²) in [6, 6.07) is 14.4. The Balaban J connectivity index is 1.89. The highest BCUT2D eigenvalue weighted by atomic mass is 16.2. The Morgan fingerprint density at radius 3 is 2.68 bits per heavy atom. The fourth-order valence-corrected chi connectivity index (χ4v) is 2.85. The average molecular weight is 249 g/mol. The fourth-order valence-electron chi connectivity index (χ4n) is 2.85. The van der Waals surface area contributed by atoms with Crippen molar-refractivity contribution >= 4 is 19.2 Å². The van der Waals surface area contributed by atoms with E-state index in [4.69, 9.17) is 0 Å². The lowest BCUT2D eigenvalue weighted by Gasteiger charge is -2.15. The number of carbonyl (C=O) groups excluding carboxylic acids is 1. The number of rotatable bonds is 2. The molecule has 19 heavy (non-hydrogen) atoms. The lowest BCUT2D eigenvalue weighted by Crippen LogP contribution is -2.23. The molecule has 0 radical (unpaired) electrons. The number of hydrogen-bond donors (Lipinski definition) is 0. The van der Waals surface area contributed by atoms with E-state index in [0.717, 1.165) is 17.7 Å². The molecule has 0 N–H and O–H groups in total. The van der Waals surface area contributed by atoms with E-state index in [9.17, 15) is 4.79 Å². The van der Waals surface area contributed by atoms with Crippen molar-refractivity contribution in [1.82, 2.24) is 4.90 Å². The maximum atomic E-state index is 12.5. The molecule has 0 spiro atoms. The van der Waals surface area contributed by atoms with E-state index in [-0.39, 0.29) is 5.91 Å². The minimum atomic E-state index is 0.163. The molecule has 1 aliphatic heterocycles. The zero-order chi connectivity index (χ0) is 13.4. The number of amides is 1. The first-order chi connectivity index (χ1) is 9.15. The lowest BCUT2D eigenvalue weighted by molar-refractivity contribution is 0.0766. The van der Waals surface area contributed by atoms with Crippen LogP contribution in [0.5, 0.6) is 0 Å². The minimum absolute atomic E-state index is 0.163. The summed E-state index contributed by atoms with van der Waals surface area (Å²) in [6.07, 6.45) is 0. The second-order valence-corrected chi connectivity index (χ2v) is 5.26. The molecule has 0 saturated carbocycles. The van der Waals surface area contributed by atoms with Crippen molar-refractivity contribution < 1.29 is 4.79 Å². The van der Waals surface area contributed by atoms with Gasteiger partial charge in [0, 0.05) is 18.7 Å². The van der Waals surface area contributed by atoms with E-state index < -0.39 is 0 Å².